The van der Waals surface area contributed by atoms with Crippen LogP contribution in [0.3, 0.4) is 0 Å². The van der Waals surface area contributed by atoms with E-state index in [1.807, 2.05) is 22.9 Å². The summed E-state index contributed by atoms with van der Waals surface area (Å²) in [5.74, 6) is 0. The van der Waals surface area contributed by atoms with Gasteiger partial charge in [0, 0.05) is 11.7 Å². The minimum atomic E-state index is 0. The zero-order valence-corrected chi connectivity index (χ0v) is 17.3. The van der Waals surface area contributed by atoms with E-state index in [1.165, 1.54) is 27.4 Å². The van der Waals surface area contributed by atoms with Gasteiger partial charge in [0.05, 0.1) is 5.52 Å². The summed E-state index contributed by atoms with van der Waals surface area (Å²) < 4.78 is 4.32. The van der Waals surface area contributed by atoms with Gasteiger partial charge in [-0.2, -0.15) is 0 Å². The van der Waals surface area contributed by atoms with Gasteiger partial charge in [0.1, 0.15) is 0 Å². The standard InChI is InChI=1S/C26H19N4.Li/c1-2-10-19(11-3-1)18-26(30-25-17-9-6-14-22(25)27-28-30)29-23-15-7-4-12-20(23)21-13-5-8-16-24(21)29;/h1-17H,18H2;/q-1;+1. The number of hydrogen-bond acceptors (Lipinski definition) is 2. The van der Waals surface area contributed by atoms with Crippen LogP contribution in [0.25, 0.3) is 32.8 Å². The molecule has 0 amide bonds. The number of hydrogen-bond donors (Lipinski definition) is 0. The van der Waals surface area contributed by atoms with Crippen LogP contribution in [0.4, 0.5) is 0 Å². The third-order valence-corrected chi connectivity index (χ3v) is 5.64. The van der Waals surface area contributed by atoms with Crippen LogP contribution in [0.5, 0.6) is 0 Å². The molecule has 2 heterocycles. The van der Waals surface area contributed by atoms with Gasteiger partial charge in [0.2, 0.25) is 0 Å². The summed E-state index contributed by atoms with van der Waals surface area (Å²) in [7, 11) is 0. The van der Waals surface area contributed by atoms with Crippen LogP contribution in [0.2, 0.25) is 0 Å². The fourth-order valence-corrected chi connectivity index (χ4v) is 4.29. The van der Waals surface area contributed by atoms with Crippen molar-refractivity contribution in [1.82, 2.24) is 19.6 Å². The van der Waals surface area contributed by atoms with E-state index in [0.29, 0.717) is 0 Å². The molecular weight excluding hydrogens is 375 g/mol. The van der Waals surface area contributed by atoms with Crippen molar-refractivity contribution >= 4 is 32.8 Å². The Hall–Kier alpha value is -3.45. The van der Waals surface area contributed by atoms with E-state index < -0.39 is 0 Å². The van der Waals surface area contributed by atoms with Gasteiger partial charge in [0.25, 0.3) is 0 Å². The van der Waals surface area contributed by atoms with E-state index in [-0.39, 0.29) is 18.9 Å². The monoisotopic (exact) mass is 394 g/mol. The van der Waals surface area contributed by atoms with Crippen molar-refractivity contribution in [3.8, 4) is 0 Å². The van der Waals surface area contributed by atoms with Gasteiger partial charge in [-0.05, 0) is 39.9 Å². The molecule has 0 fully saturated rings. The number of para-hydroxylation sites is 3. The van der Waals surface area contributed by atoms with E-state index in [1.54, 1.807) is 0 Å². The zero-order chi connectivity index (χ0) is 19.9. The molecule has 0 spiro atoms. The molecule has 0 unspecified atom stereocenters. The van der Waals surface area contributed by atoms with Crippen molar-refractivity contribution in [3.63, 3.8) is 0 Å². The van der Waals surface area contributed by atoms with Gasteiger partial charge in [0.15, 0.2) is 0 Å². The molecule has 0 bridgehead atoms. The van der Waals surface area contributed by atoms with E-state index in [0.717, 1.165) is 23.6 Å². The molecule has 6 rings (SSSR count). The first-order valence-electron chi connectivity index (χ1n) is 10.1. The third kappa shape index (κ3) is 3.21. The van der Waals surface area contributed by atoms with Crippen molar-refractivity contribution in [2.75, 3.05) is 0 Å². The summed E-state index contributed by atoms with van der Waals surface area (Å²) in [6.07, 6.45) is 1.80. The Labute approximate surface area is 192 Å². The minimum absolute atomic E-state index is 0. The molecule has 0 atom stereocenters. The fraction of sp³-hybridized carbons (Fsp3) is 0.0385. The van der Waals surface area contributed by atoms with E-state index >= 15 is 0 Å². The summed E-state index contributed by atoms with van der Waals surface area (Å²) in [5, 5.41) is 11.5. The van der Waals surface area contributed by atoms with E-state index in [4.69, 9.17) is 0 Å². The first-order chi connectivity index (χ1) is 14.9. The van der Waals surface area contributed by atoms with Crippen molar-refractivity contribution in [3.05, 3.63) is 115 Å². The largest absolute Gasteiger partial charge is 1.00 e. The van der Waals surface area contributed by atoms with Crippen molar-refractivity contribution in [1.29, 1.82) is 0 Å². The van der Waals surface area contributed by atoms with Gasteiger partial charge in [-0.1, -0.05) is 102 Å². The molecular formula is C26H19LiN4. The maximum atomic E-state index is 4.57. The Morgan fingerprint density at radius 2 is 1.16 bits per heavy atom. The second-order valence-corrected chi connectivity index (χ2v) is 7.44. The van der Waals surface area contributed by atoms with E-state index in [9.17, 15) is 0 Å². The summed E-state index contributed by atoms with van der Waals surface area (Å²) in [5.41, 5.74) is 5.47. The van der Waals surface area contributed by atoms with Crippen molar-refractivity contribution in [2.45, 2.75) is 6.42 Å². The van der Waals surface area contributed by atoms with Gasteiger partial charge in [-0.15, -0.1) is 5.10 Å². The maximum absolute atomic E-state index is 4.57. The molecule has 6 aromatic rings. The molecule has 31 heavy (non-hydrogen) atoms. The molecule has 144 valence electrons. The van der Waals surface area contributed by atoms with Crippen molar-refractivity contribution < 1.29 is 18.9 Å². The average Bonchev–Trinajstić information content (AvgIpc) is 3.38. The Morgan fingerprint density at radius 1 is 0.613 bits per heavy atom. The summed E-state index contributed by atoms with van der Waals surface area (Å²) in [4.78, 5) is 0. The van der Waals surface area contributed by atoms with Crippen LogP contribution in [0.1, 0.15) is 5.56 Å². The predicted octanol–water partition coefficient (Wildman–Crippen LogP) is 2.67. The topological polar surface area (TPSA) is 35.6 Å². The second-order valence-electron chi connectivity index (χ2n) is 7.44. The molecule has 0 N–H and O–H groups in total. The van der Waals surface area contributed by atoms with Gasteiger partial charge >= 0.3 is 18.9 Å². The molecule has 4 aromatic carbocycles. The minimum Gasteiger partial charge on any atom is -0.417 e. The van der Waals surface area contributed by atoms with Crippen LogP contribution in [0, 0.1) is 6.17 Å². The van der Waals surface area contributed by atoms with E-state index in [2.05, 4.69) is 99.8 Å². The fourth-order valence-electron chi connectivity index (χ4n) is 4.29. The number of benzene rings is 4. The third-order valence-electron chi connectivity index (χ3n) is 5.64. The molecule has 5 heteroatoms. The van der Waals surface area contributed by atoms with Crippen LogP contribution in [-0.4, -0.2) is 19.6 Å². The Bertz CT molecular complexity index is 1430. The second kappa shape index (κ2) is 8.00. The molecule has 0 aliphatic heterocycles. The summed E-state index contributed by atoms with van der Waals surface area (Å²) in [6, 6.07) is 35.8. The van der Waals surface area contributed by atoms with Gasteiger partial charge in [-0.25, -0.2) is 0 Å². The Kier molecular flexibility index (Phi) is 5.03. The molecule has 4 nitrogen and oxygen atoms in total. The molecule has 0 aliphatic rings. The number of aromatic nitrogens is 4. The van der Waals surface area contributed by atoms with Crippen molar-refractivity contribution in [2.24, 2.45) is 0 Å². The maximum Gasteiger partial charge on any atom is 1.00 e. The molecule has 2 aromatic heterocycles. The van der Waals surface area contributed by atoms with Crippen LogP contribution in [-0.2, 0) is 6.42 Å². The SMILES string of the molecule is [Li+].c1ccc(C[C-](n2nnc3ccccc32)n2c3ccccc3c3ccccc32)cc1. The molecule has 0 saturated heterocycles. The normalized spacial score (nSPS) is 11.1. The van der Waals surface area contributed by atoms with Gasteiger partial charge < -0.3 is 4.57 Å². The number of fused-ring (bicyclic) bond motifs is 4. The predicted molar refractivity (Wildman–Crippen MR) is 121 cm³/mol. The average molecular weight is 394 g/mol. The Balaban J connectivity index is 0.00000204. The quantitative estimate of drug-likeness (QED) is 0.340. The molecule has 0 radical (unpaired) electrons. The smallest absolute Gasteiger partial charge is 0.417 e. The number of nitrogens with zero attached hydrogens (tertiary/aromatic N) is 4. The molecule has 0 aliphatic carbocycles. The first kappa shape index (κ1) is 19.5. The summed E-state index contributed by atoms with van der Waals surface area (Å²) >= 11 is 0. The summed E-state index contributed by atoms with van der Waals surface area (Å²) in [6.45, 7) is 0. The number of rotatable bonds is 4. The van der Waals surface area contributed by atoms with Crippen LogP contribution in [0.15, 0.2) is 103 Å². The van der Waals surface area contributed by atoms with Crippen LogP contribution >= 0.6 is 0 Å². The van der Waals surface area contributed by atoms with Crippen LogP contribution < -0.4 is 18.9 Å². The molecule has 0 saturated carbocycles. The zero-order valence-electron chi connectivity index (χ0n) is 17.3. The van der Waals surface area contributed by atoms with Gasteiger partial charge in [-0.3, -0.25) is 4.68 Å². The Morgan fingerprint density at radius 3 is 1.84 bits per heavy atom. The first-order valence-corrected chi connectivity index (χ1v) is 10.1.